The third kappa shape index (κ3) is 4.41. The third-order valence-electron chi connectivity index (χ3n) is 3.61. The van der Waals surface area contributed by atoms with E-state index < -0.39 is 0 Å². The molecule has 1 heterocycles. The van der Waals surface area contributed by atoms with Gasteiger partial charge in [0.1, 0.15) is 5.82 Å². The van der Waals surface area contributed by atoms with Crippen LogP contribution in [-0.4, -0.2) is 35.8 Å². The highest BCUT2D eigenvalue weighted by molar-refractivity contribution is 5.91. The molecule has 1 fully saturated rings. The van der Waals surface area contributed by atoms with Crippen molar-refractivity contribution < 1.29 is 14.0 Å². The summed E-state index contributed by atoms with van der Waals surface area (Å²) < 4.78 is 13.4. The number of carbonyl (C=O) groups is 2. The van der Waals surface area contributed by atoms with Gasteiger partial charge in [0.05, 0.1) is 0 Å². The monoisotopic (exact) mass is 290 g/mol. The summed E-state index contributed by atoms with van der Waals surface area (Å²) in [5, 5.41) is 2.88. The van der Waals surface area contributed by atoms with Gasteiger partial charge in [-0.15, -0.1) is 0 Å². The second-order valence-electron chi connectivity index (χ2n) is 5.14. The van der Waals surface area contributed by atoms with Crippen molar-refractivity contribution in [1.29, 1.82) is 0 Å². The van der Waals surface area contributed by atoms with Crippen LogP contribution in [0.4, 0.5) is 4.39 Å². The minimum absolute atomic E-state index is 0.0679. The molecule has 1 saturated heterocycles. The van der Waals surface area contributed by atoms with Gasteiger partial charge in [0.25, 0.3) is 0 Å². The molecule has 0 unspecified atom stereocenters. The van der Waals surface area contributed by atoms with E-state index >= 15 is 0 Å². The smallest absolute Gasteiger partial charge is 0.244 e. The highest BCUT2D eigenvalue weighted by atomic mass is 19.1. The topological polar surface area (TPSA) is 49.4 Å². The van der Waals surface area contributed by atoms with Crippen molar-refractivity contribution in [1.82, 2.24) is 10.2 Å². The van der Waals surface area contributed by atoms with Gasteiger partial charge in [0.15, 0.2) is 0 Å². The van der Waals surface area contributed by atoms with Crippen LogP contribution in [0, 0.1) is 5.82 Å². The summed E-state index contributed by atoms with van der Waals surface area (Å²) in [5.41, 5.74) is 0.388. The molecule has 0 radical (unpaired) electrons. The molecule has 0 saturated carbocycles. The third-order valence-corrected chi connectivity index (χ3v) is 3.61. The van der Waals surface area contributed by atoms with Crippen LogP contribution in [0.1, 0.15) is 25.3 Å². The molecular weight excluding hydrogens is 271 g/mol. The Kier molecular flexibility index (Phi) is 5.09. The van der Waals surface area contributed by atoms with E-state index in [1.807, 2.05) is 0 Å². The van der Waals surface area contributed by atoms with E-state index in [1.165, 1.54) is 18.2 Å². The molecule has 2 amide bonds. The first-order valence-corrected chi connectivity index (χ1v) is 7.05. The van der Waals surface area contributed by atoms with Crippen LogP contribution in [0.3, 0.4) is 0 Å². The van der Waals surface area contributed by atoms with Gasteiger partial charge in [-0.2, -0.15) is 0 Å². The summed E-state index contributed by atoms with van der Waals surface area (Å²) >= 11 is 0. The minimum atomic E-state index is -0.351. The Morgan fingerprint density at radius 2 is 1.95 bits per heavy atom. The number of halogens is 1. The molecule has 0 aromatic heterocycles. The lowest BCUT2D eigenvalue weighted by molar-refractivity contribution is -0.129. The van der Waals surface area contributed by atoms with Gasteiger partial charge in [-0.3, -0.25) is 9.59 Å². The summed E-state index contributed by atoms with van der Waals surface area (Å²) in [6, 6.07) is 6.37. The molecule has 21 heavy (non-hydrogen) atoms. The minimum Gasteiger partial charge on any atom is -0.350 e. The lowest BCUT2D eigenvalue weighted by Crippen LogP contribution is -2.45. The van der Waals surface area contributed by atoms with Crippen molar-refractivity contribution in [2.75, 3.05) is 13.1 Å². The van der Waals surface area contributed by atoms with Gasteiger partial charge in [-0.1, -0.05) is 18.2 Å². The average molecular weight is 290 g/mol. The fourth-order valence-corrected chi connectivity index (χ4v) is 2.36. The molecule has 4 nitrogen and oxygen atoms in total. The van der Waals surface area contributed by atoms with Crippen molar-refractivity contribution in [3.8, 4) is 0 Å². The van der Waals surface area contributed by atoms with Gasteiger partial charge < -0.3 is 10.2 Å². The Bertz CT molecular complexity index is 549. The molecule has 0 spiro atoms. The maximum absolute atomic E-state index is 13.4. The number of nitrogens with one attached hydrogen (secondary N) is 1. The second-order valence-corrected chi connectivity index (χ2v) is 5.14. The fraction of sp³-hybridized carbons (Fsp3) is 0.375. The molecule has 112 valence electrons. The van der Waals surface area contributed by atoms with Crippen LogP contribution >= 0.6 is 0 Å². The van der Waals surface area contributed by atoms with Crippen molar-refractivity contribution in [2.24, 2.45) is 0 Å². The number of hydrogen-bond acceptors (Lipinski definition) is 2. The Labute approximate surface area is 123 Å². The highest BCUT2D eigenvalue weighted by Gasteiger charge is 2.21. The molecule has 1 N–H and O–H groups in total. The normalized spacial score (nSPS) is 16.2. The number of piperidine rings is 1. The SMILES string of the molecule is CC(=O)N1CCC(NC(=O)/C=C/c2ccccc2F)CC1. The standard InChI is InChI=1S/C16H19FN2O2/c1-12(20)19-10-8-14(9-11-19)18-16(21)7-6-13-4-2-3-5-15(13)17/h2-7,14H,8-11H2,1H3,(H,18,21)/b7-6+. The average Bonchev–Trinajstić information content (AvgIpc) is 2.47. The number of amides is 2. The van der Waals surface area contributed by atoms with Crippen molar-refractivity contribution in [3.63, 3.8) is 0 Å². The van der Waals surface area contributed by atoms with Gasteiger partial charge in [-0.25, -0.2) is 4.39 Å². The summed E-state index contributed by atoms with van der Waals surface area (Å²) in [7, 11) is 0. The van der Waals surface area contributed by atoms with E-state index in [9.17, 15) is 14.0 Å². The second kappa shape index (κ2) is 7.02. The zero-order valence-corrected chi connectivity index (χ0v) is 12.0. The number of rotatable bonds is 3. The molecular formula is C16H19FN2O2. The number of carbonyl (C=O) groups excluding carboxylic acids is 2. The maximum Gasteiger partial charge on any atom is 0.244 e. The largest absolute Gasteiger partial charge is 0.350 e. The van der Waals surface area contributed by atoms with Crippen molar-refractivity contribution in [3.05, 3.63) is 41.7 Å². The van der Waals surface area contributed by atoms with E-state index in [4.69, 9.17) is 0 Å². The van der Waals surface area contributed by atoms with Crippen LogP contribution < -0.4 is 5.32 Å². The van der Waals surface area contributed by atoms with E-state index in [2.05, 4.69) is 5.32 Å². The Morgan fingerprint density at radius 3 is 2.57 bits per heavy atom. The summed E-state index contributed by atoms with van der Waals surface area (Å²) in [4.78, 5) is 24.8. The molecule has 0 aliphatic carbocycles. The molecule has 1 aliphatic rings. The molecule has 0 bridgehead atoms. The predicted molar refractivity (Wildman–Crippen MR) is 78.9 cm³/mol. The van der Waals surface area contributed by atoms with E-state index in [0.29, 0.717) is 18.7 Å². The van der Waals surface area contributed by atoms with E-state index in [1.54, 1.807) is 30.0 Å². The lowest BCUT2D eigenvalue weighted by atomic mass is 10.0. The van der Waals surface area contributed by atoms with Crippen LogP contribution in [0.5, 0.6) is 0 Å². The maximum atomic E-state index is 13.4. The molecule has 0 atom stereocenters. The molecule has 1 aromatic carbocycles. The first-order valence-electron chi connectivity index (χ1n) is 7.05. The van der Waals surface area contributed by atoms with Crippen LogP contribution in [0.2, 0.25) is 0 Å². The van der Waals surface area contributed by atoms with Crippen LogP contribution in [0.25, 0.3) is 6.08 Å². The van der Waals surface area contributed by atoms with Gasteiger partial charge >= 0.3 is 0 Å². The Balaban J connectivity index is 1.83. The van der Waals surface area contributed by atoms with Gasteiger partial charge in [-0.05, 0) is 25.0 Å². The number of hydrogen-bond donors (Lipinski definition) is 1. The van der Waals surface area contributed by atoms with Crippen molar-refractivity contribution >= 4 is 17.9 Å². The zero-order valence-electron chi connectivity index (χ0n) is 12.0. The summed E-state index contributed by atoms with van der Waals surface area (Å²) in [5.74, 6) is -0.518. The first kappa shape index (κ1) is 15.2. The number of benzene rings is 1. The molecule has 2 rings (SSSR count). The van der Waals surface area contributed by atoms with Gasteiger partial charge in [0, 0.05) is 37.7 Å². The fourth-order valence-electron chi connectivity index (χ4n) is 2.36. The zero-order chi connectivity index (χ0) is 15.2. The summed E-state index contributed by atoms with van der Waals surface area (Å²) in [6.07, 6.45) is 4.31. The highest BCUT2D eigenvalue weighted by Crippen LogP contribution is 2.11. The van der Waals surface area contributed by atoms with E-state index in [-0.39, 0.29) is 23.7 Å². The first-order chi connectivity index (χ1) is 10.1. The number of nitrogens with zero attached hydrogens (tertiary/aromatic N) is 1. The van der Waals surface area contributed by atoms with Gasteiger partial charge in [0.2, 0.25) is 11.8 Å². The van der Waals surface area contributed by atoms with Crippen LogP contribution in [0.15, 0.2) is 30.3 Å². The lowest BCUT2D eigenvalue weighted by Gasteiger charge is -2.31. The Morgan fingerprint density at radius 1 is 1.29 bits per heavy atom. The van der Waals surface area contributed by atoms with Crippen LogP contribution in [-0.2, 0) is 9.59 Å². The molecule has 1 aromatic rings. The van der Waals surface area contributed by atoms with E-state index in [0.717, 1.165) is 12.8 Å². The molecule has 5 heteroatoms. The summed E-state index contributed by atoms with van der Waals surface area (Å²) in [6.45, 7) is 2.88. The quantitative estimate of drug-likeness (QED) is 0.865. The molecule has 1 aliphatic heterocycles. The predicted octanol–water partition coefficient (Wildman–Crippen LogP) is 1.97. The Hall–Kier alpha value is -2.17. The number of likely N-dealkylation sites (tertiary alicyclic amines) is 1. The van der Waals surface area contributed by atoms with Crippen molar-refractivity contribution in [2.45, 2.75) is 25.8 Å².